The van der Waals surface area contributed by atoms with Crippen molar-refractivity contribution in [2.45, 2.75) is 26.8 Å². The highest BCUT2D eigenvalue weighted by Crippen LogP contribution is 2.33. The highest BCUT2D eigenvalue weighted by Gasteiger charge is 2.33. The van der Waals surface area contributed by atoms with E-state index in [2.05, 4.69) is 15.3 Å². The summed E-state index contributed by atoms with van der Waals surface area (Å²) in [5.74, 6) is 1.10. The molecule has 1 N–H and O–H groups in total. The molecule has 0 bridgehead atoms. The fraction of sp³-hybridized carbons (Fsp3) is 0.304. The number of carbonyl (C=O) groups is 2. The normalized spacial score (nSPS) is 16.0. The van der Waals surface area contributed by atoms with Crippen LogP contribution >= 0.6 is 34.4 Å². The minimum absolute atomic E-state index is 0.0834. The van der Waals surface area contributed by atoms with Crippen molar-refractivity contribution in [3.63, 3.8) is 0 Å². The molecule has 1 aliphatic heterocycles. The van der Waals surface area contributed by atoms with Crippen LogP contribution in [0.1, 0.15) is 37.2 Å². The molecular formula is C23H23N5O2S3. The Hall–Kier alpha value is -2.69. The number of amides is 2. The second kappa shape index (κ2) is 8.92. The second-order valence-electron chi connectivity index (χ2n) is 8.02. The van der Waals surface area contributed by atoms with Crippen molar-refractivity contribution in [2.24, 2.45) is 0 Å². The van der Waals surface area contributed by atoms with Crippen molar-refractivity contribution >= 4 is 51.2 Å². The third-order valence-electron chi connectivity index (χ3n) is 5.64. The SMILES string of the molecule is Cc1ccc(-c2sc(C)nc2C(=O)N2CSC[C@H]2CNC(=O)c2c(C)nc3sccn23)cc1. The predicted molar refractivity (Wildman–Crippen MR) is 134 cm³/mol. The van der Waals surface area contributed by atoms with Crippen LogP contribution in [0.2, 0.25) is 0 Å². The number of carbonyl (C=O) groups excluding carboxylic acids is 2. The molecule has 1 aromatic carbocycles. The Morgan fingerprint density at radius 2 is 1.94 bits per heavy atom. The molecule has 4 heterocycles. The van der Waals surface area contributed by atoms with Crippen LogP contribution in [0, 0.1) is 20.8 Å². The number of rotatable bonds is 5. The fourth-order valence-corrected chi connectivity index (χ4v) is 6.82. The van der Waals surface area contributed by atoms with Crippen molar-refractivity contribution in [1.29, 1.82) is 0 Å². The Kier molecular flexibility index (Phi) is 5.98. The lowest BCUT2D eigenvalue weighted by atomic mass is 10.1. The van der Waals surface area contributed by atoms with Gasteiger partial charge in [-0.15, -0.1) is 34.4 Å². The molecule has 3 aromatic heterocycles. The summed E-state index contributed by atoms with van der Waals surface area (Å²) in [7, 11) is 0. The summed E-state index contributed by atoms with van der Waals surface area (Å²) in [6.45, 7) is 6.20. The number of thioether (sulfide) groups is 1. The molecule has 0 aliphatic carbocycles. The van der Waals surface area contributed by atoms with Gasteiger partial charge < -0.3 is 10.2 Å². The summed E-state index contributed by atoms with van der Waals surface area (Å²) in [4.78, 5) is 39.0. The molecule has 0 spiro atoms. The number of thiazole rings is 2. The number of fused-ring (bicyclic) bond motifs is 1. The summed E-state index contributed by atoms with van der Waals surface area (Å²) in [6, 6.07) is 8.07. The lowest BCUT2D eigenvalue weighted by molar-refractivity contribution is 0.0731. The Morgan fingerprint density at radius 1 is 1.15 bits per heavy atom. The molecule has 7 nitrogen and oxygen atoms in total. The van der Waals surface area contributed by atoms with E-state index in [1.807, 2.05) is 65.9 Å². The van der Waals surface area contributed by atoms with Crippen LogP contribution in [0.3, 0.4) is 0 Å². The monoisotopic (exact) mass is 497 g/mol. The van der Waals surface area contributed by atoms with Crippen LogP contribution in [0.4, 0.5) is 0 Å². The lowest BCUT2D eigenvalue weighted by Crippen LogP contribution is -2.44. The Morgan fingerprint density at radius 3 is 2.73 bits per heavy atom. The van der Waals surface area contributed by atoms with Crippen LogP contribution in [0.15, 0.2) is 35.8 Å². The molecule has 2 amide bonds. The van der Waals surface area contributed by atoms with Crippen molar-refractivity contribution in [3.8, 4) is 10.4 Å². The maximum absolute atomic E-state index is 13.5. The quantitative estimate of drug-likeness (QED) is 0.442. The molecule has 10 heteroatoms. The summed E-state index contributed by atoms with van der Waals surface area (Å²) >= 11 is 4.73. The summed E-state index contributed by atoms with van der Waals surface area (Å²) < 4.78 is 1.81. The van der Waals surface area contributed by atoms with Crippen LogP contribution in [-0.2, 0) is 0 Å². The highest BCUT2D eigenvalue weighted by atomic mass is 32.2. The molecule has 1 fully saturated rings. The van der Waals surface area contributed by atoms with Crippen molar-refractivity contribution < 1.29 is 9.59 Å². The second-order valence-corrected chi connectivity index (χ2v) is 11.1. The Balaban J connectivity index is 1.33. The molecule has 0 radical (unpaired) electrons. The van der Waals surface area contributed by atoms with Gasteiger partial charge in [-0.05, 0) is 26.3 Å². The predicted octanol–water partition coefficient (Wildman–Crippen LogP) is 4.39. The van der Waals surface area contributed by atoms with Crippen LogP contribution in [0.5, 0.6) is 0 Å². The van der Waals surface area contributed by atoms with E-state index in [1.165, 1.54) is 28.2 Å². The van der Waals surface area contributed by atoms with Gasteiger partial charge in [0.05, 0.1) is 27.5 Å². The topological polar surface area (TPSA) is 79.6 Å². The number of aromatic nitrogens is 3. The number of aryl methyl sites for hydroxylation is 3. The minimum atomic E-state index is -0.174. The number of imidazole rings is 1. The first kappa shape index (κ1) is 22.1. The minimum Gasteiger partial charge on any atom is -0.349 e. The summed E-state index contributed by atoms with van der Waals surface area (Å²) in [5.41, 5.74) is 3.92. The number of hydrogen-bond donors (Lipinski definition) is 1. The van der Waals surface area contributed by atoms with Crippen molar-refractivity contribution in [2.75, 3.05) is 18.2 Å². The standard InChI is InChI=1S/C23H23N5O2S3/c1-13-4-6-16(7-5-13)20-18(26-15(3)33-20)22(30)28-12-31-11-17(28)10-24-21(29)19-14(2)25-23-27(19)8-9-32-23/h4-9,17H,10-12H2,1-3H3,(H,24,29)/t17-/m1/s1. The zero-order chi connectivity index (χ0) is 23.1. The van der Waals surface area contributed by atoms with Gasteiger partial charge in [0, 0.05) is 23.9 Å². The van der Waals surface area contributed by atoms with Crippen LogP contribution < -0.4 is 5.32 Å². The molecule has 5 rings (SSSR count). The van der Waals surface area contributed by atoms with Gasteiger partial charge in [0.15, 0.2) is 4.96 Å². The Labute approximate surface area is 203 Å². The molecular weight excluding hydrogens is 474 g/mol. The largest absolute Gasteiger partial charge is 0.349 e. The van der Waals surface area contributed by atoms with E-state index in [4.69, 9.17) is 0 Å². The highest BCUT2D eigenvalue weighted by molar-refractivity contribution is 7.99. The van der Waals surface area contributed by atoms with Crippen LogP contribution in [-0.4, -0.2) is 55.3 Å². The molecule has 1 atom stereocenters. The van der Waals surface area contributed by atoms with Gasteiger partial charge >= 0.3 is 0 Å². The van der Waals surface area contributed by atoms with E-state index in [-0.39, 0.29) is 17.9 Å². The van der Waals surface area contributed by atoms with Crippen molar-refractivity contribution in [1.82, 2.24) is 24.6 Å². The maximum Gasteiger partial charge on any atom is 0.275 e. The van der Waals surface area contributed by atoms with Gasteiger partial charge in [0.1, 0.15) is 11.4 Å². The number of hydrogen-bond acceptors (Lipinski definition) is 7. The molecule has 33 heavy (non-hydrogen) atoms. The molecule has 170 valence electrons. The average Bonchev–Trinajstić information content (AvgIpc) is 3.56. The number of nitrogens with zero attached hydrogens (tertiary/aromatic N) is 4. The van der Waals surface area contributed by atoms with Gasteiger partial charge in [-0.2, -0.15) is 0 Å². The van der Waals surface area contributed by atoms with Gasteiger partial charge in [0.25, 0.3) is 11.8 Å². The molecule has 1 saturated heterocycles. The van der Waals surface area contributed by atoms with E-state index in [0.717, 1.165) is 26.2 Å². The maximum atomic E-state index is 13.5. The van der Waals surface area contributed by atoms with Gasteiger partial charge in [-0.3, -0.25) is 14.0 Å². The molecule has 4 aromatic rings. The van der Waals surface area contributed by atoms with Gasteiger partial charge in [-0.25, -0.2) is 9.97 Å². The van der Waals surface area contributed by atoms with Crippen LogP contribution in [0.25, 0.3) is 15.4 Å². The Bertz CT molecular complexity index is 1340. The van der Waals surface area contributed by atoms with E-state index >= 15 is 0 Å². The number of nitrogens with one attached hydrogen (secondary N) is 1. The smallest absolute Gasteiger partial charge is 0.275 e. The third kappa shape index (κ3) is 4.18. The first-order valence-corrected chi connectivity index (χ1v) is 13.4. The zero-order valence-electron chi connectivity index (χ0n) is 18.5. The van der Waals surface area contributed by atoms with Gasteiger partial charge in [-0.1, -0.05) is 29.8 Å². The fourth-order valence-electron chi connectivity index (χ4n) is 3.95. The van der Waals surface area contributed by atoms with E-state index in [1.54, 1.807) is 11.8 Å². The lowest BCUT2D eigenvalue weighted by Gasteiger charge is -2.23. The third-order valence-corrected chi connectivity index (χ3v) is 8.50. The summed E-state index contributed by atoms with van der Waals surface area (Å²) in [5, 5.41) is 5.80. The molecule has 1 aliphatic rings. The average molecular weight is 498 g/mol. The first-order valence-electron chi connectivity index (χ1n) is 10.6. The van der Waals surface area contributed by atoms with E-state index < -0.39 is 0 Å². The zero-order valence-corrected chi connectivity index (χ0v) is 20.9. The van der Waals surface area contributed by atoms with Crippen molar-refractivity contribution in [3.05, 3.63) is 63.5 Å². The molecule has 0 unspecified atom stereocenters. The number of benzene rings is 1. The first-order chi connectivity index (χ1) is 15.9. The van der Waals surface area contributed by atoms with E-state index in [9.17, 15) is 9.59 Å². The molecule has 0 saturated carbocycles. The summed E-state index contributed by atoms with van der Waals surface area (Å²) in [6.07, 6.45) is 1.85. The van der Waals surface area contributed by atoms with Gasteiger partial charge in [0.2, 0.25) is 0 Å². The van der Waals surface area contributed by atoms with E-state index in [0.29, 0.717) is 29.5 Å².